The minimum absolute atomic E-state index is 0.0575. The molecule has 1 nitrogen and oxygen atoms in total. The smallest absolute Gasteiger partial charge is 0.0594 e. The fourth-order valence-corrected chi connectivity index (χ4v) is 10.8. The molecule has 0 heterocycles. The van der Waals surface area contributed by atoms with Gasteiger partial charge in [0, 0.05) is 0 Å². The number of hydrogen-bond acceptors (Lipinski definition) is 1. The maximum absolute atomic E-state index is 10.9. The van der Waals surface area contributed by atoms with E-state index >= 15 is 0 Å². The first-order valence-corrected chi connectivity index (χ1v) is 13.6. The normalized spacial score (nSPS) is 55.2. The van der Waals surface area contributed by atoms with Crippen LogP contribution in [0.4, 0.5) is 0 Å². The van der Waals surface area contributed by atoms with Crippen LogP contribution in [0.3, 0.4) is 0 Å². The quantitative estimate of drug-likeness (QED) is 0.387. The number of allylic oxidation sites excluding steroid dienone is 2. The van der Waals surface area contributed by atoms with Gasteiger partial charge in [-0.1, -0.05) is 67.0 Å². The summed E-state index contributed by atoms with van der Waals surface area (Å²) in [5, 5.41) is 10.9. The molecule has 1 heteroatoms. The molecule has 1 N–H and O–H groups in total. The number of hydrogen-bond donors (Lipinski definition) is 1. The van der Waals surface area contributed by atoms with Crippen LogP contribution in [0, 0.1) is 50.2 Å². The monoisotopic (exact) mass is 426 g/mol. The number of fused-ring (bicyclic) bond motifs is 7. The fraction of sp³-hybridized carbons (Fsp3) is 0.933. The Kier molecular flexibility index (Phi) is 4.66. The Hall–Kier alpha value is -0.300. The molecule has 0 radical (unpaired) electrons. The van der Waals surface area contributed by atoms with Crippen molar-refractivity contribution in [3.8, 4) is 0 Å². The van der Waals surface area contributed by atoms with Gasteiger partial charge in [-0.3, -0.25) is 0 Å². The van der Waals surface area contributed by atoms with Crippen molar-refractivity contribution in [2.24, 2.45) is 50.2 Å². The second-order valence-electron chi connectivity index (χ2n) is 15.3. The van der Waals surface area contributed by atoms with Crippen molar-refractivity contribution in [2.45, 2.75) is 126 Å². The highest BCUT2D eigenvalue weighted by atomic mass is 16.3. The average Bonchev–Trinajstić information content (AvgIpc) is 2.66. The molecule has 5 aliphatic rings. The summed E-state index contributed by atoms with van der Waals surface area (Å²) < 4.78 is 0. The van der Waals surface area contributed by atoms with Crippen molar-refractivity contribution in [1.29, 1.82) is 0 Å². The predicted molar refractivity (Wildman–Crippen MR) is 131 cm³/mol. The summed E-state index contributed by atoms with van der Waals surface area (Å²) in [5.41, 5.74) is 4.07. The van der Waals surface area contributed by atoms with E-state index < -0.39 is 0 Å². The van der Waals surface area contributed by atoms with Crippen LogP contribution in [0.5, 0.6) is 0 Å². The molecule has 176 valence electrons. The molecule has 0 unspecified atom stereocenters. The summed E-state index contributed by atoms with van der Waals surface area (Å²) in [4.78, 5) is 0. The molecule has 8 atom stereocenters. The maximum atomic E-state index is 10.9. The summed E-state index contributed by atoms with van der Waals surface area (Å²) in [6.07, 6.45) is 15.8. The van der Waals surface area contributed by atoms with Gasteiger partial charge in [-0.15, -0.1) is 0 Å². The molecule has 0 aromatic heterocycles. The van der Waals surface area contributed by atoms with Crippen molar-refractivity contribution in [3.05, 3.63) is 11.6 Å². The van der Waals surface area contributed by atoms with Crippen molar-refractivity contribution in [2.75, 3.05) is 0 Å². The van der Waals surface area contributed by atoms with E-state index in [1.807, 2.05) is 5.57 Å². The van der Waals surface area contributed by atoms with Crippen LogP contribution in [0.2, 0.25) is 0 Å². The van der Waals surface area contributed by atoms with Gasteiger partial charge in [-0.05, 0) is 114 Å². The van der Waals surface area contributed by atoms with E-state index in [4.69, 9.17) is 0 Å². The summed E-state index contributed by atoms with van der Waals surface area (Å²) in [6, 6.07) is 0. The van der Waals surface area contributed by atoms with Crippen molar-refractivity contribution < 1.29 is 5.11 Å². The van der Waals surface area contributed by atoms with Crippen LogP contribution in [0.15, 0.2) is 11.6 Å². The van der Waals surface area contributed by atoms with E-state index in [2.05, 4.69) is 61.5 Å². The van der Waals surface area contributed by atoms with Crippen molar-refractivity contribution in [3.63, 3.8) is 0 Å². The Morgan fingerprint density at radius 2 is 1.32 bits per heavy atom. The Bertz CT molecular complexity index is 790. The third-order valence-corrected chi connectivity index (χ3v) is 12.7. The van der Waals surface area contributed by atoms with Crippen molar-refractivity contribution >= 4 is 0 Å². The minimum Gasteiger partial charge on any atom is -0.393 e. The molecular weight excluding hydrogens is 376 g/mol. The lowest BCUT2D eigenvalue weighted by atomic mass is 9.35. The Morgan fingerprint density at radius 1 is 0.710 bits per heavy atom. The van der Waals surface area contributed by atoms with E-state index in [9.17, 15) is 5.11 Å². The van der Waals surface area contributed by atoms with Crippen LogP contribution in [-0.2, 0) is 0 Å². The second kappa shape index (κ2) is 6.43. The summed E-state index contributed by atoms with van der Waals surface area (Å²) >= 11 is 0. The number of aliphatic hydroxyl groups excluding tert-OH is 1. The standard InChI is InChI=1S/C30H50O/c1-25(2)17-18-27(5)13-9-21-29(7)14-10-20-26(3,4)24(31)12-16-28(20,6)22(29)11-15-30(21,8)23(27)19-25/h9,20,22-24,31H,10-19H2,1-8H3/t20-,22+,23+,24+,27-,28-,29-,30+/m0/s1. The van der Waals surface area contributed by atoms with Crippen LogP contribution < -0.4 is 0 Å². The van der Waals surface area contributed by atoms with Gasteiger partial charge >= 0.3 is 0 Å². The van der Waals surface area contributed by atoms with Gasteiger partial charge in [0.05, 0.1) is 6.10 Å². The predicted octanol–water partition coefficient (Wildman–Crippen LogP) is 8.17. The summed E-state index contributed by atoms with van der Waals surface area (Å²) in [5.74, 6) is 2.29. The molecule has 5 aliphatic carbocycles. The summed E-state index contributed by atoms with van der Waals surface area (Å²) in [7, 11) is 0. The van der Waals surface area contributed by atoms with Crippen LogP contribution in [0.25, 0.3) is 0 Å². The summed E-state index contributed by atoms with van der Waals surface area (Å²) in [6.45, 7) is 20.4. The van der Waals surface area contributed by atoms with E-state index in [0.717, 1.165) is 18.3 Å². The van der Waals surface area contributed by atoms with Crippen LogP contribution in [0.1, 0.15) is 120 Å². The average molecular weight is 427 g/mol. The molecule has 4 fully saturated rings. The first-order chi connectivity index (χ1) is 14.2. The zero-order valence-electron chi connectivity index (χ0n) is 21.9. The zero-order chi connectivity index (χ0) is 22.7. The third-order valence-electron chi connectivity index (χ3n) is 12.7. The Balaban J connectivity index is 1.56. The van der Waals surface area contributed by atoms with Gasteiger partial charge in [0.1, 0.15) is 0 Å². The molecule has 0 amide bonds. The number of aliphatic hydroxyl groups is 1. The van der Waals surface area contributed by atoms with Gasteiger partial charge in [0.2, 0.25) is 0 Å². The molecule has 5 rings (SSSR count). The molecule has 0 aromatic rings. The highest BCUT2D eigenvalue weighted by Gasteiger charge is 2.66. The molecule has 0 saturated heterocycles. The Morgan fingerprint density at radius 3 is 2.00 bits per heavy atom. The van der Waals surface area contributed by atoms with E-state index in [-0.39, 0.29) is 11.5 Å². The van der Waals surface area contributed by atoms with Crippen molar-refractivity contribution in [1.82, 2.24) is 0 Å². The van der Waals surface area contributed by atoms with E-state index in [1.165, 1.54) is 57.8 Å². The molecule has 0 bridgehead atoms. The van der Waals surface area contributed by atoms with E-state index in [1.54, 1.807) is 0 Å². The van der Waals surface area contributed by atoms with Gasteiger partial charge in [-0.25, -0.2) is 0 Å². The highest BCUT2D eigenvalue weighted by molar-refractivity contribution is 5.34. The molecule has 0 aliphatic heterocycles. The minimum atomic E-state index is -0.122. The molecule has 4 saturated carbocycles. The first-order valence-electron chi connectivity index (χ1n) is 13.6. The molecule has 0 aromatic carbocycles. The fourth-order valence-electron chi connectivity index (χ4n) is 10.8. The Labute approximate surface area is 192 Å². The second-order valence-corrected chi connectivity index (χ2v) is 15.3. The van der Waals surface area contributed by atoms with Crippen LogP contribution >= 0.6 is 0 Å². The molecular formula is C30H50O. The lowest BCUT2D eigenvalue weighted by molar-refractivity contribution is -0.184. The molecule has 0 spiro atoms. The van der Waals surface area contributed by atoms with Gasteiger partial charge in [0.25, 0.3) is 0 Å². The zero-order valence-corrected chi connectivity index (χ0v) is 21.9. The topological polar surface area (TPSA) is 20.2 Å². The van der Waals surface area contributed by atoms with Gasteiger partial charge < -0.3 is 5.11 Å². The van der Waals surface area contributed by atoms with Gasteiger partial charge in [0.15, 0.2) is 0 Å². The largest absolute Gasteiger partial charge is 0.393 e. The highest BCUT2D eigenvalue weighted by Crippen LogP contribution is 2.74. The SMILES string of the molecule is CC1(C)CC[C@]2(C)CC=C3[C@]4(C)CC[C@H]5C(C)(C)[C@H](O)CC[C@]5(C)[C@H]4CC[C@@]3(C)[C@@H]2C1. The van der Waals surface area contributed by atoms with Gasteiger partial charge in [-0.2, -0.15) is 0 Å². The first kappa shape index (κ1) is 22.5. The van der Waals surface area contributed by atoms with Crippen LogP contribution in [-0.4, -0.2) is 11.2 Å². The maximum Gasteiger partial charge on any atom is 0.0594 e. The molecule has 31 heavy (non-hydrogen) atoms. The lowest BCUT2D eigenvalue weighted by Gasteiger charge is -2.70. The lowest BCUT2D eigenvalue weighted by Crippen LogP contribution is -2.63. The third kappa shape index (κ3) is 2.83. The number of rotatable bonds is 0. The van der Waals surface area contributed by atoms with E-state index in [0.29, 0.717) is 33.0 Å².